The Hall–Kier alpha value is -2.10. The van der Waals surface area contributed by atoms with Crippen LogP contribution in [0.2, 0.25) is 0 Å². The van der Waals surface area contributed by atoms with Gasteiger partial charge in [0.15, 0.2) is 0 Å². The molecule has 20 heavy (non-hydrogen) atoms. The molecule has 0 saturated heterocycles. The van der Waals surface area contributed by atoms with Crippen molar-refractivity contribution in [3.8, 4) is 0 Å². The number of hydrogen-bond donors (Lipinski definition) is 2. The van der Waals surface area contributed by atoms with E-state index in [1.165, 1.54) is 12.8 Å². The fraction of sp³-hybridized carbons (Fsp3) is 0.375. The minimum Gasteiger partial charge on any atom is -0.348 e. The monoisotopic (exact) mass is 270 g/mol. The van der Waals surface area contributed by atoms with Crippen LogP contribution in [0.3, 0.4) is 0 Å². The van der Waals surface area contributed by atoms with Crippen LogP contribution in [0.5, 0.6) is 0 Å². The molecule has 3 rings (SSSR count). The van der Waals surface area contributed by atoms with Crippen LogP contribution in [0.1, 0.15) is 41.7 Å². The molecule has 0 atom stereocenters. The lowest BCUT2D eigenvalue weighted by atomic mass is 10.1. The van der Waals surface area contributed by atoms with Gasteiger partial charge in [0.1, 0.15) is 5.69 Å². The number of aromatic nitrogens is 1. The van der Waals surface area contributed by atoms with E-state index < -0.39 is 0 Å². The molecule has 0 radical (unpaired) electrons. The highest BCUT2D eigenvalue weighted by molar-refractivity contribution is 5.96. The third-order valence-corrected chi connectivity index (χ3v) is 3.94. The highest BCUT2D eigenvalue weighted by Gasteiger charge is 2.18. The van der Waals surface area contributed by atoms with Crippen LogP contribution < -0.4 is 10.9 Å². The van der Waals surface area contributed by atoms with Crippen LogP contribution in [-0.4, -0.2) is 16.9 Å². The van der Waals surface area contributed by atoms with Crippen LogP contribution in [0, 0.1) is 6.92 Å². The SMILES string of the molecule is Cc1ccc2cc(C(=O)NC3CCCC3)[nH]c(=O)c2c1. The van der Waals surface area contributed by atoms with Gasteiger partial charge in [0.2, 0.25) is 0 Å². The van der Waals surface area contributed by atoms with Gasteiger partial charge in [-0.05, 0) is 37.3 Å². The van der Waals surface area contributed by atoms with E-state index in [-0.39, 0.29) is 17.5 Å². The van der Waals surface area contributed by atoms with Crippen molar-refractivity contribution in [2.24, 2.45) is 0 Å². The molecule has 1 aliphatic rings. The molecule has 1 amide bonds. The normalized spacial score (nSPS) is 15.7. The molecule has 1 aromatic carbocycles. The number of benzene rings is 1. The van der Waals surface area contributed by atoms with Crippen molar-refractivity contribution in [3.05, 3.63) is 45.9 Å². The highest BCUT2D eigenvalue weighted by Crippen LogP contribution is 2.18. The first-order chi connectivity index (χ1) is 9.63. The van der Waals surface area contributed by atoms with E-state index >= 15 is 0 Å². The Balaban J connectivity index is 1.93. The van der Waals surface area contributed by atoms with Crippen molar-refractivity contribution in [1.82, 2.24) is 10.3 Å². The molecule has 1 saturated carbocycles. The number of rotatable bonds is 2. The van der Waals surface area contributed by atoms with Gasteiger partial charge in [-0.15, -0.1) is 0 Å². The first kappa shape index (κ1) is 12.9. The number of pyridine rings is 1. The van der Waals surface area contributed by atoms with Gasteiger partial charge in [0.25, 0.3) is 11.5 Å². The summed E-state index contributed by atoms with van der Waals surface area (Å²) in [6.07, 6.45) is 4.39. The second kappa shape index (κ2) is 5.12. The number of aromatic amines is 1. The van der Waals surface area contributed by atoms with Gasteiger partial charge in [-0.2, -0.15) is 0 Å². The zero-order valence-corrected chi connectivity index (χ0v) is 11.5. The molecular weight excluding hydrogens is 252 g/mol. The maximum Gasteiger partial charge on any atom is 0.268 e. The van der Waals surface area contributed by atoms with Gasteiger partial charge in [-0.3, -0.25) is 9.59 Å². The van der Waals surface area contributed by atoms with Crippen LogP contribution in [-0.2, 0) is 0 Å². The topological polar surface area (TPSA) is 62.0 Å². The molecule has 4 heteroatoms. The number of carbonyl (C=O) groups excluding carboxylic acids is 1. The molecule has 0 unspecified atom stereocenters. The Morgan fingerprint density at radius 1 is 1.25 bits per heavy atom. The smallest absolute Gasteiger partial charge is 0.268 e. The third-order valence-electron chi connectivity index (χ3n) is 3.94. The predicted octanol–water partition coefficient (Wildman–Crippen LogP) is 2.51. The Morgan fingerprint density at radius 3 is 2.75 bits per heavy atom. The number of amides is 1. The fourth-order valence-electron chi connectivity index (χ4n) is 2.83. The van der Waals surface area contributed by atoms with E-state index in [1.54, 1.807) is 6.07 Å². The van der Waals surface area contributed by atoms with Crippen molar-refractivity contribution in [3.63, 3.8) is 0 Å². The molecule has 4 nitrogen and oxygen atoms in total. The third kappa shape index (κ3) is 2.46. The van der Waals surface area contributed by atoms with E-state index in [0.717, 1.165) is 23.8 Å². The zero-order chi connectivity index (χ0) is 14.1. The standard InChI is InChI=1S/C16H18N2O2/c1-10-6-7-11-9-14(18-15(19)13(11)8-10)16(20)17-12-4-2-3-5-12/h6-9,12H,2-5H2,1H3,(H,17,20)(H,18,19). The first-order valence-corrected chi connectivity index (χ1v) is 7.08. The molecule has 0 spiro atoms. The molecule has 2 aromatic rings. The van der Waals surface area contributed by atoms with Crippen molar-refractivity contribution in [2.45, 2.75) is 38.6 Å². The number of nitrogens with one attached hydrogen (secondary N) is 2. The Labute approximate surface area is 117 Å². The Morgan fingerprint density at radius 2 is 2.00 bits per heavy atom. The van der Waals surface area contributed by atoms with Gasteiger partial charge in [0, 0.05) is 11.4 Å². The lowest BCUT2D eigenvalue weighted by Crippen LogP contribution is -2.34. The lowest BCUT2D eigenvalue weighted by Gasteiger charge is -2.12. The zero-order valence-electron chi connectivity index (χ0n) is 11.5. The second-order valence-corrected chi connectivity index (χ2v) is 5.56. The van der Waals surface area contributed by atoms with Crippen molar-refractivity contribution >= 4 is 16.7 Å². The summed E-state index contributed by atoms with van der Waals surface area (Å²) in [6, 6.07) is 7.67. The summed E-state index contributed by atoms with van der Waals surface area (Å²) in [5, 5.41) is 4.42. The van der Waals surface area contributed by atoms with E-state index in [1.807, 2.05) is 25.1 Å². The van der Waals surface area contributed by atoms with Gasteiger partial charge >= 0.3 is 0 Å². The number of H-pyrrole nitrogens is 1. The lowest BCUT2D eigenvalue weighted by molar-refractivity contribution is 0.0933. The molecule has 2 N–H and O–H groups in total. The first-order valence-electron chi connectivity index (χ1n) is 7.08. The van der Waals surface area contributed by atoms with Gasteiger partial charge in [-0.25, -0.2) is 0 Å². The molecule has 0 aliphatic heterocycles. The fourth-order valence-corrected chi connectivity index (χ4v) is 2.83. The molecule has 1 heterocycles. The highest BCUT2D eigenvalue weighted by atomic mass is 16.2. The molecule has 1 fully saturated rings. The molecule has 0 bridgehead atoms. The minimum absolute atomic E-state index is 0.184. The molecular formula is C16H18N2O2. The van der Waals surface area contributed by atoms with E-state index in [9.17, 15) is 9.59 Å². The minimum atomic E-state index is -0.206. The maximum atomic E-state index is 12.2. The Bertz CT molecular complexity index is 712. The second-order valence-electron chi connectivity index (χ2n) is 5.56. The average Bonchev–Trinajstić information content (AvgIpc) is 2.92. The summed E-state index contributed by atoms with van der Waals surface area (Å²) in [7, 11) is 0. The predicted molar refractivity (Wildman–Crippen MR) is 79.0 cm³/mol. The van der Waals surface area contributed by atoms with Gasteiger partial charge in [-0.1, -0.05) is 30.5 Å². The van der Waals surface area contributed by atoms with Crippen LogP contribution in [0.15, 0.2) is 29.1 Å². The number of hydrogen-bond acceptors (Lipinski definition) is 2. The quantitative estimate of drug-likeness (QED) is 0.880. The van der Waals surface area contributed by atoms with Crippen LogP contribution >= 0.6 is 0 Å². The molecule has 1 aliphatic carbocycles. The number of carbonyl (C=O) groups is 1. The van der Waals surface area contributed by atoms with Crippen LogP contribution in [0.25, 0.3) is 10.8 Å². The van der Waals surface area contributed by atoms with Crippen molar-refractivity contribution in [1.29, 1.82) is 0 Å². The van der Waals surface area contributed by atoms with Crippen molar-refractivity contribution < 1.29 is 4.79 Å². The average molecular weight is 270 g/mol. The van der Waals surface area contributed by atoms with E-state index in [2.05, 4.69) is 10.3 Å². The summed E-state index contributed by atoms with van der Waals surface area (Å²) >= 11 is 0. The van der Waals surface area contributed by atoms with Gasteiger partial charge < -0.3 is 10.3 Å². The summed E-state index contributed by atoms with van der Waals surface area (Å²) in [5.41, 5.74) is 1.17. The maximum absolute atomic E-state index is 12.2. The summed E-state index contributed by atoms with van der Waals surface area (Å²) in [6.45, 7) is 1.94. The van der Waals surface area contributed by atoms with Gasteiger partial charge in [0.05, 0.1) is 0 Å². The van der Waals surface area contributed by atoms with E-state index in [4.69, 9.17) is 0 Å². The van der Waals surface area contributed by atoms with Crippen molar-refractivity contribution in [2.75, 3.05) is 0 Å². The Kier molecular flexibility index (Phi) is 3.30. The largest absolute Gasteiger partial charge is 0.348 e. The van der Waals surface area contributed by atoms with E-state index in [0.29, 0.717) is 11.1 Å². The number of fused-ring (bicyclic) bond motifs is 1. The summed E-state index contributed by atoms with van der Waals surface area (Å²) < 4.78 is 0. The molecule has 1 aromatic heterocycles. The number of aryl methyl sites for hydroxylation is 1. The molecule has 104 valence electrons. The summed E-state index contributed by atoms with van der Waals surface area (Å²) in [5.74, 6) is -0.184. The summed E-state index contributed by atoms with van der Waals surface area (Å²) in [4.78, 5) is 26.9. The van der Waals surface area contributed by atoms with Crippen LogP contribution in [0.4, 0.5) is 0 Å².